The van der Waals surface area contributed by atoms with E-state index < -0.39 is 54.7 Å². The van der Waals surface area contributed by atoms with Gasteiger partial charge in [0.15, 0.2) is 11.9 Å². The Hall–Kier alpha value is -2.11. The molecule has 1 saturated carbocycles. The van der Waals surface area contributed by atoms with Crippen LogP contribution in [0.1, 0.15) is 38.4 Å². The van der Waals surface area contributed by atoms with Crippen molar-refractivity contribution in [1.82, 2.24) is 15.0 Å². The van der Waals surface area contributed by atoms with E-state index in [1.165, 1.54) is 0 Å². The molecule has 3 rings (SSSR count). The molecule has 150 valence electrons. The van der Waals surface area contributed by atoms with Crippen molar-refractivity contribution in [2.24, 2.45) is 0 Å². The summed E-state index contributed by atoms with van der Waals surface area (Å²) in [5, 5.41) is 14.4. The van der Waals surface area contributed by atoms with E-state index in [1.807, 2.05) is 0 Å². The first-order chi connectivity index (χ1) is 12.5. The molecule has 2 aliphatic rings. The normalized spacial score (nSPS) is 23.9. The molecule has 0 unspecified atom stereocenters. The lowest BCUT2D eigenvalue weighted by Crippen LogP contribution is -2.37. The minimum Gasteiger partial charge on any atom is -0.380 e. The molecule has 2 atom stereocenters. The number of anilines is 2. The Balaban J connectivity index is 1.96. The highest BCUT2D eigenvalue weighted by Gasteiger charge is 2.46. The second-order valence-corrected chi connectivity index (χ2v) is 6.62. The number of aromatic nitrogens is 3. The van der Waals surface area contributed by atoms with Crippen molar-refractivity contribution in [2.75, 3.05) is 10.6 Å². The average molecular weight is 397 g/mol. The first kappa shape index (κ1) is 19.6. The number of aliphatic hydroxyl groups is 1. The van der Waals surface area contributed by atoms with Gasteiger partial charge in [-0.2, -0.15) is 28.1 Å². The van der Waals surface area contributed by atoms with Gasteiger partial charge in [0.2, 0.25) is 11.9 Å². The number of alkyl halides is 5. The third-order valence-electron chi connectivity index (χ3n) is 4.29. The molecule has 12 heteroatoms. The minimum atomic E-state index is -4.58. The van der Waals surface area contributed by atoms with Crippen LogP contribution in [0.5, 0.6) is 0 Å². The van der Waals surface area contributed by atoms with Gasteiger partial charge in [-0.15, -0.1) is 0 Å². The van der Waals surface area contributed by atoms with Gasteiger partial charge in [0.25, 0.3) is 5.92 Å². The molecule has 1 heterocycles. The number of nitrogens with one attached hydrogen (secondary N) is 2. The maximum Gasteiger partial charge on any atom is 0.408 e. The smallest absolute Gasteiger partial charge is 0.380 e. The lowest BCUT2D eigenvalue weighted by Gasteiger charge is -2.27. The number of aliphatic hydroxyl groups excluding tert-OH is 1. The molecule has 0 radical (unpaired) electrons. The van der Waals surface area contributed by atoms with Crippen LogP contribution in [0.4, 0.5) is 38.2 Å². The van der Waals surface area contributed by atoms with Gasteiger partial charge in [0.1, 0.15) is 11.9 Å². The Kier molecular flexibility index (Phi) is 4.95. The standard InChI is InChI=1S/C15H17F6N5O/c1-6(15(19,20)21)22-12-24-11(25-13(26-12)23-7-2-3-7)8-4-5-14(17,18)10(27)9(8)16/h6-7,10,27H,2-5H2,1H3,(H2,22,23,24,25,26)/t6-,10-/m0/s1. The molecule has 0 aromatic carbocycles. The molecular formula is C15H17F6N5O. The number of halogens is 6. The molecule has 0 aliphatic heterocycles. The molecular weight excluding hydrogens is 380 g/mol. The van der Waals surface area contributed by atoms with Gasteiger partial charge in [-0.1, -0.05) is 0 Å². The molecule has 1 aromatic heterocycles. The van der Waals surface area contributed by atoms with Gasteiger partial charge in [-0.05, 0) is 26.2 Å². The van der Waals surface area contributed by atoms with Crippen LogP contribution in [0.15, 0.2) is 5.83 Å². The van der Waals surface area contributed by atoms with Gasteiger partial charge in [-0.25, -0.2) is 13.2 Å². The van der Waals surface area contributed by atoms with Crippen LogP contribution in [0.3, 0.4) is 0 Å². The Morgan fingerprint density at radius 1 is 1.15 bits per heavy atom. The highest BCUT2D eigenvalue weighted by Crippen LogP contribution is 2.41. The predicted octanol–water partition coefficient (Wildman–Crippen LogP) is 3.28. The number of rotatable bonds is 5. The number of hydrogen-bond donors (Lipinski definition) is 3. The lowest BCUT2D eigenvalue weighted by molar-refractivity contribution is -0.138. The fourth-order valence-corrected chi connectivity index (χ4v) is 2.44. The van der Waals surface area contributed by atoms with Gasteiger partial charge in [0.05, 0.1) is 0 Å². The van der Waals surface area contributed by atoms with Crippen molar-refractivity contribution in [1.29, 1.82) is 0 Å². The summed E-state index contributed by atoms with van der Waals surface area (Å²) in [6.07, 6.45) is -6.92. The van der Waals surface area contributed by atoms with E-state index in [9.17, 15) is 31.4 Å². The van der Waals surface area contributed by atoms with Crippen LogP contribution < -0.4 is 10.6 Å². The molecule has 0 bridgehead atoms. The molecule has 2 aliphatic carbocycles. The summed E-state index contributed by atoms with van der Waals surface area (Å²) >= 11 is 0. The van der Waals surface area contributed by atoms with E-state index >= 15 is 0 Å². The van der Waals surface area contributed by atoms with Crippen LogP contribution in [-0.2, 0) is 0 Å². The van der Waals surface area contributed by atoms with Crippen molar-refractivity contribution in [3.05, 3.63) is 11.7 Å². The van der Waals surface area contributed by atoms with Gasteiger partial charge in [-0.3, -0.25) is 0 Å². The summed E-state index contributed by atoms with van der Waals surface area (Å²) < 4.78 is 79.5. The van der Waals surface area contributed by atoms with Crippen molar-refractivity contribution in [2.45, 2.75) is 62.9 Å². The third-order valence-corrected chi connectivity index (χ3v) is 4.29. The fraction of sp³-hybridized carbons (Fsp3) is 0.667. The molecule has 1 aromatic rings. The Morgan fingerprint density at radius 2 is 1.78 bits per heavy atom. The Morgan fingerprint density at radius 3 is 2.37 bits per heavy atom. The number of allylic oxidation sites excluding steroid dienone is 1. The van der Waals surface area contributed by atoms with Gasteiger partial charge < -0.3 is 15.7 Å². The van der Waals surface area contributed by atoms with Crippen LogP contribution in [-0.4, -0.2) is 50.3 Å². The highest BCUT2D eigenvalue weighted by atomic mass is 19.4. The van der Waals surface area contributed by atoms with E-state index in [0.29, 0.717) is 0 Å². The molecule has 3 N–H and O–H groups in total. The molecule has 0 saturated heterocycles. The molecule has 6 nitrogen and oxygen atoms in total. The zero-order valence-corrected chi connectivity index (χ0v) is 14.1. The Labute approximate surface area is 150 Å². The molecule has 0 amide bonds. The zero-order valence-electron chi connectivity index (χ0n) is 14.1. The Bertz CT molecular complexity index is 749. The first-order valence-electron chi connectivity index (χ1n) is 8.28. The van der Waals surface area contributed by atoms with Gasteiger partial charge >= 0.3 is 6.18 Å². The summed E-state index contributed by atoms with van der Waals surface area (Å²) in [5.74, 6) is -6.09. The number of hydrogen-bond acceptors (Lipinski definition) is 6. The monoisotopic (exact) mass is 397 g/mol. The summed E-state index contributed by atoms with van der Waals surface area (Å²) in [4.78, 5) is 11.5. The van der Waals surface area contributed by atoms with E-state index in [2.05, 4.69) is 25.6 Å². The van der Waals surface area contributed by atoms with E-state index in [1.54, 1.807) is 0 Å². The summed E-state index contributed by atoms with van der Waals surface area (Å²) in [5.41, 5.74) is -0.377. The first-order valence-corrected chi connectivity index (χ1v) is 8.28. The summed E-state index contributed by atoms with van der Waals surface area (Å²) in [6, 6.07) is -1.96. The zero-order chi connectivity index (χ0) is 20.0. The maximum absolute atomic E-state index is 14.2. The third kappa shape index (κ3) is 4.42. The van der Waals surface area contributed by atoms with Gasteiger partial charge in [0, 0.05) is 18.0 Å². The summed E-state index contributed by atoms with van der Waals surface area (Å²) in [6.45, 7) is 0.849. The van der Waals surface area contributed by atoms with Crippen LogP contribution >= 0.6 is 0 Å². The largest absolute Gasteiger partial charge is 0.408 e. The average Bonchev–Trinajstić information content (AvgIpc) is 3.35. The topological polar surface area (TPSA) is 83.0 Å². The van der Waals surface area contributed by atoms with Crippen molar-refractivity contribution < 1.29 is 31.4 Å². The molecule has 0 spiro atoms. The lowest BCUT2D eigenvalue weighted by atomic mass is 9.92. The van der Waals surface area contributed by atoms with E-state index in [0.717, 1.165) is 19.8 Å². The predicted molar refractivity (Wildman–Crippen MR) is 83.8 cm³/mol. The summed E-state index contributed by atoms with van der Waals surface area (Å²) in [7, 11) is 0. The number of nitrogens with zero attached hydrogens (tertiary/aromatic N) is 3. The fourth-order valence-electron chi connectivity index (χ4n) is 2.44. The molecule has 27 heavy (non-hydrogen) atoms. The van der Waals surface area contributed by atoms with Crippen LogP contribution in [0, 0.1) is 0 Å². The highest BCUT2D eigenvalue weighted by molar-refractivity contribution is 5.66. The van der Waals surface area contributed by atoms with Crippen LogP contribution in [0.25, 0.3) is 5.57 Å². The maximum atomic E-state index is 14.2. The van der Waals surface area contributed by atoms with Crippen molar-refractivity contribution >= 4 is 17.5 Å². The second kappa shape index (κ2) is 6.80. The van der Waals surface area contributed by atoms with E-state index in [4.69, 9.17) is 0 Å². The van der Waals surface area contributed by atoms with E-state index in [-0.39, 0.29) is 17.6 Å². The minimum absolute atomic E-state index is 0.0354. The quantitative estimate of drug-likeness (QED) is 0.662. The second-order valence-electron chi connectivity index (χ2n) is 6.62. The van der Waals surface area contributed by atoms with Crippen molar-refractivity contribution in [3.8, 4) is 0 Å². The molecule has 1 fully saturated rings. The van der Waals surface area contributed by atoms with Crippen LogP contribution in [0.2, 0.25) is 0 Å². The van der Waals surface area contributed by atoms with Crippen molar-refractivity contribution in [3.63, 3.8) is 0 Å². The SMILES string of the molecule is C[C@H](Nc1nc(NC2CC2)nc(C2=C(F)[C@H](O)C(F)(F)CC2)n1)C(F)(F)F.